The molecule has 0 aliphatic carbocycles. The molecule has 3 saturated heterocycles. The molecule has 1 aromatic rings. The summed E-state index contributed by atoms with van der Waals surface area (Å²) in [5.74, 6) is 0.664. The van der Waals surface area contributed by atoms with Gasteiger partial charge in [-0.15, -0.1) is 0 Å². The van der Waals surface area contributed by atoms with Crippen LogP contribution in [0.2, 0.25) is 0 Å². The molecule has 0 radical (unpaired) electrons. The molecule has 0 aromatic carbocycles. The van der Waals surface area contributed by atoms with Gasteiger partial charge in [0.15, 0.2) is 0 Å². The molecule has 0 N–H and O–H groups in total. The van der Waals surface area contributed by atoms with Crippen LogP contribution < -0.4 is 4.74 Å². The van der Waals surface area contributed by atoms with Crippen molar-refractivity contribution in [3.05, 3.63) is 24.4 Å². The number of hydrogen-bond donors (Lipinski definition) is 0. The van der Waals surface area contributed by atoms with Crippen LogP contribution in [0.4, 0.5) is 4.79 Å². The lowest BCUT2D eigenvalue weighted by atomic mass is 10.0. The Hall–Kier alpha value is -1.82. The van der Waals surface area contributed by atoms with E-state index in [2.05, 4.69) is 4.98 Å². The van der Waals surface area contributed by atoms with Crippen molar-refractivity contribution in [3.63, 3.8) is 0 Å². The fraction of sp³-hybridized carbons (Fsp3) is 0.684. The summed E-state index contributed by atoms with van der Waals surface area (Å²) < 4.78 is 17.2. The van der Waals surface area contributed by atoms with Crippen molar-refractivity contribution in [2.75, 3.05) is 13.2 Å². The smallest absolute Gasteiger partial charge is 0.410 e. The Kier molecular flexibility index (Phi) is 5.06. The first-order valence-electron chi connectivity index (χ1n) is 9.44. The van der Waals surface area contributed by atoms with E-state index >= 15 is 0 Å². The van der Waals surface area contributed by atoms with Crippen molar-refractivity contribution in [2.24, 2.45) is 0 Å². The Morgan fingerprint density at radius 2 is 2.04 bits per heavy atom. The number of aromatic nitrogens is 1. The molecule has 3 fully saturated rings. The predicted molar refractivity (Wildman–Crippen MR) is 91.5 cm³/mol. The largest absolute Gasteiger partial charge is 0.474 e. The van der Waals surface area contributed by atoms with Crippen LogP contribution in [0, 0.1) is 0 Å². The maximum atomic E-state index is 12.6. The molecule has 1 amide bonds. The topological polar surface area (TPSA) is 60.9 Å². The van der Waals surface area contributed by atoms with Crippen LogP contribution in [0.25, 0.3) is 0 Å². The first-order valence-corrected chi connectivity index (χ1v) is 9.44. The van der Waals surface area contributed by atoms with Crippen LogP contribution in [0.15, 0.2) is 24.4 Å². The lowest BCUT2D eigenvalue weighted by Crippen LogP contribution is -2.50. The van der Waals surface area contributed by atoms with E-state index in [1.54, 1.807) is 6.20 Å². The number of rotatable bonds is 4. The average molecular weight is 346 g/mol. The molecule has 0 spiro atoms. The molecule has 6 heteroatoms. The highest BCUT2D eigenvalue weighted by Crippen LogP contribution is 2.37. The second-order valence-corrected chi connectivity index (χ2v) is 7.24. The molecule has 3 aliphatic heterocycles. The fourth-order valence-electron chi connectivity index (χ4n) is 4.29. The van der Waals surface area contributed by atoms with Crippen molar-refractivity contribution in [1.29, 1.82) is 0 Å². The predicted octanol–water partition coefficient (Wildman–Crippen LogP) is 3.16. The molecule has 1 aromatic heterocycles. The summed E-state index contributed by atoms with van der Waals surface area (Å²) >= 11 is 0. The number of amides is 1. The zero-order valence-electron chi connectivity index (χ0n) is 14.5. The summed E-state index contributed by atoms with van der Waals surface area (Å²) in [5, 5.41) is 0. The Balaban J connectivity index is 1.30. The summed E-state index contributed by atoms with van der Waals surface area (Å²) in [6, 6.07) is 6.12. The van der Waals surface area contributed by atoms with Crippen LogP contribution >= 0.6 is 0 Å². The summed E-state index contributed by atoms with van der Waals surface area (Å²) in [6.45, 7) is 1.16. The summed E-state index contributed by atoms with van der Waals surface area (Å²) in [7, 11) is 0. The maximum absolute atomic E-state index is 12.6. The van der Waals surface area contributed by atoms with Crippen molar-refractivity contribution >= 4 is 6.09 Å². The van der Waals surface area contributed by atoms with Gasteiger partial charge in [0, 0.05) is 43.8 Å². The maximum Gasteiger partial charge on any atom is 0.410 e. The monoisotopic (exact) mass is 346 g/mol. The van der Waals surface area contributed by atoms with Gasteiger partial charge in [0.1, 0.15) is 12.7 Å². The Morgan fingerprint density at radius 3 is 2.72 bits per heavy atom. The number of pyridine rings is 1. The zero-order valence-corrected chi connectivity index (χ0v) is 14.5. The molecular formula is C19H26N2O4. The van der Waals surface area contributed by atoms with Crippen molar-refractivity contribution in [2.45, 2.75) is 69.2 Å². The number of carbonyl (C=O) groups is 1. The minimum atomic E-state index is -0.182. The Morgan fingerprint density at radius 1 is 1.20 bits per heavy atom. The molecule has 4 rings (SSSR count). The summed E-state index contributed by atoms with van der Waals surface area (Å²) in [4.78, 5) is 18.7. The minimum Gasteiger partial charge on any atom is -0.474 e. The van der Waals surface area contributed by atoms with Gasteiger partial charge in [-0.3, -0.25) is 0 Å². The van der Waals surface area contributed by atoms with Gasteiger partial charge in [-0.25, -0.2) is 9.78 Å². The fourth-order valence-corrected chi connectivity index (χ4v) is 4.29. The van der Waals surface area contributed by atoms with Crippen LogP contribution in [-0.4, -0.2) is 53.5 Å². The van der Waals surface area contributed by atoms with Crippen LogP contribution in [0.3, 0.4) is 0 Å². The third-order valence-corrected chi connectivity index (χ3v) is 5.49. The Bertz CT molecular complexity index is 562. The van der Waals surface area contributed by atoms with E-state index < -0.39 is 0 Å². The van der Waals surface area contributed by atoms with Gasteiger partial charge in [0.05, 0.1) is 6.10 Å². The quantitative estimate of drug-likeness (QED) is 0.838. The second-order valence-electron chi connectivity index (χ2n) is 7.24. The molecule has 25 heavy (non-hydrogen) atoms. The third-order valence-electron chi connectivity index (χ3n) is 5.49. The van der Waals surface area contributed by atoms with E-state index in [4.69, 9.17) is 14.2 Å². The number of hydrogen-bond acceptors (Lipinski definition) is 5. The number of ether oxygens (including phenoxy) is 3. The highest BCUT2D eigenvalue weighted by Gasteiger charge is 2.45. The van der Waals surface area contributed by atoms with Gasteiger partial charge in [0.25, 0.3) is 0 Å². The summed E-state index contributed by atoms with van der Waals surface area (Å²) in [5.41, 5.74) is 0. The second kappa shape index (κ2) is 7.60. The van der Waals surface area contributed by atoms with E-state index in [1.165, 1.54) is 0 Å². The lowest BCUT2D eigenvalue weighted by Gasteiger charge is -2.38. The van der Waals surface area contributed by atoms with E-state index in [9.17, 15) is 4.79 Å². The van der Waals surface area contributed by atoms with Crippen molar-refractivity contribution in [3.8, 4) is 5.88 Å². The highest BCUT2D eigenvalue weighted by molar-refractivity contribution is 5.69. The minimum absolute atomic E-state index is 0.0698. The first-order chi connectivity index (χ1) is 12.3. The highest BCUT2D eigenvalue weighted by atomic mass is 16.6. The third kappa shape index (κ3) is 3.89. The SMILES string of the molecule is O=C(OCC1CCCCO1)N1C2CCC1CC(Oc1ccccn1)C2. The number of carbonyl (C=O) groups excluding carboxylic acids is 1. The van der Waals surface area contributed by atoms with Gasteiger partial charge in [-0.05, 0) is 38.2 Å². The lowest BCUT2D eigenvalue weighted by molar-refractivity contribution is -0.0353. The number of nitrogens with zero attached hydrogens (tertiary/aromatic N) is 2. The Labute approximate surface area is 148 Å². The van der Waals surface area contributed by atoms with E-state index in [1.807, 2.05) is 23.1 Å². The van der Waals surface area contributed by atoms with E-state index in [0.29, 0.717) is 12.5 Å². The van der Waals surface area contributed by atoms with Gasteiger partial charge in [-0.2, -0.15) is 0 Å². The standard InChI is InChI=1S/C19H26N2O4/c22-19(24-13-16-5-2-4-10-23-16)21-14-7-8-15(21)12-17(11-14)25-18-6-1-3-9-20-18/h1,3,6,9,14-17H,2,4-5,7-8,10-13H2. The molecule has 4 heterocycles. The van der Waals surface area contributed by atoms with Crippen LogP contribution in [0.1, 0.15) is 44.9 Å². The normalized spacial score (nSPS) is 31.6. The van der Waals surface area contributed by atoms with Gasteiger partial charge < -0.3 is 19.1 Å². The van der Waals surface area contributed by atoms with Gasteiger partial charge >= 0.3 is 6.09 Å². The zero-order chi connectivity index (χ0) is 17.1. The number of fused-ring (bicyclic) bond motifs is 2. The van der Waals surface area contributed by atoms with Gasteiger partial charge in [-0.1, -0.05) is 6.07 Å². The molecule has 6 nitrogen and oxygen atoms in total. The van der Waals surface area contributed by atoms with Crippen molar-refractivity contribution in [1.82, 2.24) is 9.88 Å². The van der Waals surface area contributed by atoms with Crippen molar-refractivity contribution < 1.29 is 19.0 Å². The number of piperidine rings is 1. The molecule has 3 aliphatic rings. The molecular weight excluding hydrogens is 320 g/mol. The first kappa shape index (κ1) is 16.6. The summed E-state index contributed by atoms with van der Waals surface area (Å²) in [6.07, 6.45) is 8.76. The van der Waals surface area contributed by atoms with Crippen LogP contribution in [-0.2, 0) is 9.47 Å². The molecule has 136 valence electrons. The van der Waals surface area contributed by atoms with E-state index in [-0.39, 0.29) is 30.4 Å². The average Bonchev–Trinajstić information content (AvgIpc) is 2.92. The molecule has 3 atom stereocenters. The molecule has 2 bridgehead atoms. The molecule has 0 saturated carbocycles. The molecule has 3 unspecified atom stereocenters. The van der Waals surface area contributed by atoms with E-state index in [0.717, 1.165) is 51.6 Å². The van der Waals surface area contributed by atoms with Crippen LogP contribution in [0.5, 0.6) is 5.88 Å². The van der Waals surface area contributed by atoms with Gasteiger partial charge in [0.2, 0.25) is 5.88 Å².